The third kappa shape index (κ3) is 5.52. The first-order valence-electron chi connectivity index (χ1n) is 7.94. The molecule has 1 amide bonds. The molecule has 1 fully saturated rings. The molecule has 1 aromatic rings. The van der Waals surface area contributed by atoms with E-state index < -0.39 is 17.7 Å². The second kappa shape index (κ2) is 8.06. The van der Waals surface area contributed by atoms with E-state index in [9.17, 15) is 22.8 Å². The molecule has 1 aliphatic carbocycles. The summed E-state index contributed by atoms with van der Waals surface area (Å²) in [6.45, 7) is 0.0357. The van der Waals surface area contributed by atoms with E-state index in [4.69, 9.17) is 5.11 Å². The molecule has 25 heavy (non-hydrogen) atoms. The second-order valence-corrected chi connectivity index (χ2v) is 5.98. The molecule has 0 spiro atoms. The van der Waals surface area contributed by atoms with E-state index >= 15 is 0 Å². The van der Waals surface area contributed by atoms with E-state index in [-0.39, 0.29) is 29.9 Å². The number of carbonyl (C=O) groups excluding carboxylic acids is 1. The molecule has 0 atom stereocenters. The molecule has 0 saturated heterocycles. The van der Waals surface area contributed by atoms with Gasteiger partial charge in [-0.1, -0.05) is 17.9 Å². The molecule has 134 valence electrons. The summed E-state index contributed by atoms with van der Waals surface area (Å²) < 4.78 is 37.8. The smallest absolute Gasteiger partial charge is 0.416 e. The van der Waals surface area contributed by atoms with Crippen LogP contribution in [0.4, 0.5) is 13.2 Å². The van der Waals surface area contributed by atoms with Gasteiger partial charge in [0.2, 0.25) is 5.91 Å². The minimum atomic E-state index is -4.42. The molecule has 4 nitrogen and oxygen atoms in total. The lowest BCUT2D eigenvalue weighted by molar-refractivity contribution is -0.144. The van der Waals surface area contributed by atoms with Gasteiger partial charge < -0.3 is 10.4 Å². The Hall–Kier alpha value is -2.49. The highest BCUT2D eigenvalue weighted by Gasteiger charge is 2.30. The summed E-state index contributed by atoms with van der Waals surface area (Å²) in [4.78, 5) is 22.9. The second-order valence-electron chi connectivity index (χ2n) is 5.98. The molecule has 0 aliphatic heterocycles. The van der Waals surface area contributed by atoms with Crippen molar-refractivity contribution in [2.45, 2.75) is 31.9 Å². The Bertz CT molecular complexity index is 695. The molecule has 7 heteroatoms. The molecule has 1 aromatic carbocycles. The van der Waals surface area contributed by atoms with Crippen LogP contribution in [-0.4, -0.2) is 23.5 Å². The largest absolute Gasteiger partial charge is 0.481 e. The van der Waals surface area contributed by atoms with Gasteiger partial charge >= 0.3 is 12.1 Å². The Balaban J connectivity index is 1.83. The number of aliphatic carboxylic acids is 1. The highest BCUT2D eigenvalue weighted by Crippen LogP contribution is 2.30. The monoisotopic (exact) mass is 353 g/mol. The molecule has 0 unspecified atom stereocenters. The van der Waals surface area contributed by atoms with E-state index in [1.165, 1.54) is 12.1 Å². The lowest BCUT2D eigenvalue weighted by Gasteiger charge is -2.24. The first-order chi connectivity index (χ1) is 11.8. The normalized spacial score (nSPS) is 20.3. The van der Waals surface area contributed by atoms with Crippen molar-refractivity contribution in [1.29, 1.82) is 0 Å². The van der Waals surface area contributed by atoms with Crippen LogP contribution in [0, 0.1) is 23.7 Å². The molecule has 0 bridgehead atoms. The number of nitrogens with one attached hydrogen (secondary N) is 1. The van der Waals surface area contributed by atoms with Crippen LogP contribution in [0.2, 0.25) is 0 Å². The molecule has 0 heterocycles. The topological polar surface area (TPSA) is 66.4 Å². The van der Waals surface area contributed by atoms with Gasteiger partial charge in [-0.2, -0.15) is 13.2 Å². The predicted molar refractivity (Wildman–Crippen MR) is 84.4 cm³/mol. The lowest BCUT2D eigenvalue weighted by Crippen LogP contribution is -2.34. The number of benzene rings is 1. The van der Waals surface area contributed by atoms with Crippen LogP contribution in [0.3, 0.4) is 0 Å². The van der Waals surface area contributed by atoms with E-state index in [1.807, 2.05) is 0 Å². The van der Waals surface area contributed by atoms with Crippen molar-refractivity contribution in [2.24, 2.45) is 11.8 Å². The number of alkyl halides is 3. The maximum Gasteiger partial charge on any atom is 0.416 e. The van der Waals surface area contributed by atoms with Crippen molar-refractivity contribution in [1.82, 2.24) is 5.32 Å². The molecule has 1 aliphatic rings. The van der Waals surface area contributed by atoms with E-state index in [2.05, 4.69) is 17.2 Å². The fraction of sp³-hybridized carbons (Fsp3) is 0.444. The SMILES string of the molecule is O=C(O)C1CCC(C(=O)NCC#Cc2cccc(C(F)(F)F)c2)CC1. The molecule has 0 aromatic heterocycles. The number of rotatable bonds is 3. The minimum absolute atomic E-state index is 0.0357. The van der Waals surface area contributed by atoms with Crippen molar-refractivity contribution < 1.29 is 27.9 Å². The van der Waals surface area contributed by atoms with Gasteiger partial charge in [0.25, 0.3) is 0 Å². The first-order valence-corrected chi connectivity index (χ1v) is 7.94. The van der Waals surface area contributed by atoms with Crippen molar-refractivity contribution in [3.63, 3.8) is 0 Å². The van der Waals surface area contributed by atoms with Gasteiger partial charge in [-0.25, -0.2) is 0 Å². The Morgan fingerprint density at radius 2 is 1.80 bits per heavy atom. The number of carboxylic acids is 1. The van der Waals surface area contributed by atoms with Crippen molar-refractivity contribution in [2.75, 3.05) is 6.54 Å². The van der Waals surface area contributed by atoms with Gasteiger partial charge in [0.1, 0.15) is 0 Å². The highest BCUT2D eigenvalue weighted by molar-refractivity contribution is 5.79. The Labute approximate surface area is 143 Å². The number of carboxylic acid groups (broad SMARTS) is 1. The van der Waals surface area contributed by atoms with Gasteiger partial charge in [-0.3, -0.25) is 9.59 Å². The molecular formula is C18H18F3NO3. The van der Waals surface area contributed by atoms with Crippen LogP contribution in [0.5, 0.6) is 0 Å². The number of carbonyl (C=O) groups is 2. The van der Waals surface area contributed by atoms with Crippen LogP contribution in [-0.2, 0) is 15.8 Å². The maximum atomic E-state index is 12.6. The molecule has 1 saturated carbocycles. The van der Waals surface area contributed by atoms with E-state index in [1.54, 1.807) is 0 Å². The van der Waals surface area contributed by atoms with Crippen LogP contribution in [0.15, 0.2) is 24.3 Å². The zero-order valence-electron chi connectivity index (χ0n) is 13.4. The summed E-state index contributed by atoms with van der Waals surface area (Å²) in [5.74, 6) is 3.59. The minimum Gasteiger partial charge on any atom is -0.481 e. The van der Waals surface area contributed by atoms with E-state index in [0.29, 0.717) is 25.7 Å². The van der Waals surface area contributed by atoms with Crippen LogP contribution in [0.25, 0.3) is 0 Å². The highest BCUT2D eigenvalue weighted by atomic mass is 19.4. The summed E-state index contributed by atoms with van der Waals surface area (Å²) >= 11 is 0. The Morgan fingerprint density at radius 1 is 1.16 bits per heavy atom. The molecule has 2 rings (SSSR count). The summed E-state index contributed by atoms with van der Waals surface area (Å²) in [5, 5.41) is 11.6. The lowest BCUT2D eigenvalue weighted by atomic mass is 9.81. The number of hydrogen-bond donors (Lipinski definition) is 2. The van der Waals surface area contributed by atoms with Gasteiger partial charge in [0.15, 0.2) is 0 Å². The average Bonchev–Trinajstić information content (AvgIpc) is 2.58. The van der Waals surface area contributed by atoms with Crippen LogP contribution < -0.4 is 5.32 Å². The van der Waals surface area contributed by atoms with Crippen molar-refractivity contribution >= 4 is 11.9 Å². The predicted octanol–water partition coefficient (Wildman–Crippen LogP) is 3.06. The summed E-state index contributed by atoms with van der Waals surface area (Å²) in [6.07, 6.45) is -2.43. The van der Waals surface area contributed by atoms with Crippen LogP contribution >= 0.6 is 0 Å². The van der Waals surface area contributed by atoms with Crippen LogP contribution in [0.1, 0.15) is 36.8 Å². The standard InChI is InChI=1S/C18H18F3NO3/c19-18(20,21)15-5-1-3-12(11-15)4-2-10-22-16(23)13-6-8-14(9-7-13)17(24)25/h1,3,5,11,13-14H,6-10H2,(H,22,23)(H,24,25). The average molecular weight is 353 g/mol. The number of amides is 1. The van der Waals surface area contributed by atoms with Gasteiger partial charge in [0, 0.05) is 11.5 Å². The van der Waals surface area contributed by atoms with E-state index in [0.717, 1.165) is 12.1 Å². The summed E-state index contributed by atoms with van der Waals surface area (Å²) in [6, 6.07) is 4.69. The van der Waals surface area contributed by atoms with Gasteiger partial charge in [-0.05, 0) is 43.9 Å². The zero-order valence-corrected chi connectivity index (χ0v) is 13.4. The Morgan fingerprint density at radius 3 is 2.40 bits per heavy atom. The molecule has 0 radical (unpaired) electrons. The van der Waals surface area contributed by atoms with Crippen molar-refractivity contribution in [3.05, 3.63) is 35.4 Å². The maximum absolute atomic E-state index is 12.6. The third-order valence-corrected chi connectivity index (χ3v) is 4.22. The number of halogens is 3. The quantitative estimate of drug-likeness (QED) is 0.821. The summed E-state index contributed by atoms with van der Waals surface area (Å²) in [5.41, 5.74) is -0.537. The third-order valence-electron chi connectivity index (χ3n) is 4.22. The van der Waals surface area contributed by atoms with Crippen molar-refractivity contribution in [3.8, 4) is 11.8 Å². The Kier molecular flexibility index (Phi) is 6.07. The summed E-state index contributed by atoms with van der Waals surface area (Å²) in [7, 11) is 0. The fourth-order valence-electron chi connectivity index (χ4n) is 2.80. The zero-order chi connectivity index (χ0) is 18.4. The van der Waals surface area contributed by atoms with Gasteiger partial charge in [0.05, 0.1) is 18.0 Å². The molecule has 2 N–H and O–H groups in total. The molecular weight excluding hydrogens is 335 g/mol. The first kappa shape index (κ1) is 18.8. The van der Waals surface area contributed by atoms with Gasteiger partial charge in [-0.15, -0.1) is 0 Å². The number of hydrogen-bond acceptors (Lipinski definition) is 2. The fourth-order valence-corrected chi connectivity index (χ4v) is 2.80.